The fourth-order valence-electron chi connectivity index (χ4n) is 4.81. The van der Waals surface area contributed by atoms with E-state index < -0.39 is 18.9 Å². The molecule has 2 aromatic rings. The zero-order valence-electron chi connectivity index (χ0n) is 19.4. The van der Waals surface area contributed by atoms with Crippen LogP contribution >= 0.6 is 17.0 Å². The van der Waals surface area contributed by atoms with Crippen LogP contribution in [-0.2, 0) is 42.6 Å². The van der Waals surface area contributed by atoms with Crippen molar-refractivity contribution in [2.75, 3.05) is 0 Å². The Kier molecular flexibility index (Phi) is 9.22. The van der Waals surface area contributed by atoms with Gasteiger partial charge in [0, 0.05) is 0 Å². The van der Waals surface area contributed by atoms with Gasteiger partial charge in [-0.3, -0.25) is 0 Å². The summed E-state index contributed by atoms with van der Waals surface area (Å²) in [5, 5.41) is 0. The number of hydrogen-bond donors (Lipinski definition) is 0. The van der Waals surface area contributed by atoms with E-state index in [1.807, 2.05) is 10.6 Å². The van der Waals surface area contributed by atoms with E-state index >= 15 is 0 Å². The Morgan fingerprint density at radius 3 is 1.45 bits per heavy atom. The van der Waals surface area contributed by atoms with Gasteiger partial charge in [0.05, 0.1) is 0 Å². The molecule has 0 heterocycles. The van der Waals surface area contributed by atoms with Crippen LogP contribution in [0.15, 0.2) is 24.3 Å². The van der Waals surface area contributed by atoms with Crippen molar-refractivity contribution in [2.24, 2.45) is 0 Å². The molecule has 0 bridgehead atoms. The average molecular weight is 513 g/mol. The molecule has 4 rings (SSSR count). The van der Waals surface area contributed by atoms with Gasteiger partial charge in [0.1, 0.15) is 0 Å². The van der Waals surface area contributed by atoms with Gasteiger partial charge in [-0.1, -0.05) is 90.9 Å². The fourth-order valence-corrected chi connectivity index (χ4v) is 4.81. The molecule has 2 aliphatic rings. The molecule has 0 atom stereocenters. The Morgan fingerprint density at radius 2 is 1.17 bits per heavy atom. The van der Waals surface area contributed by atoms with E-state index in [1.165, 1.54) is 49.7 Å². The van der Waals surface area contributed by atoms with Gasteiger partial charge in [-0.2, -0.15) is 45.5 Å². The van der Waals surface area contributed by atoms with Gasteiger partial charge in [0.15, 0.2) is 0 Å². The van der Waals surface area contributed by atoms with Gasteiger partial charge in [0.25, 0.3) is 0 Å². The van der Waals surface area contributed by atoms with E-state index in [0.717, 1.165) is 0 Å². The van der Waals surface area contributed by atoms with Crippen molar-refractivity contribution in [1.82, 2.24) is 0 Å². The van der Waals surface area contributed by atoms with Crippen LogP contribution in [0.2, 0.25) is 0 Å². The van der Waals surface area contributed by atoms with E-state index in [2.05, 4.69) is 65.8 Å². The molecule has 0 N–H and O–H groups in total. The Labute approximate surface area is 194 Å². The van der Waals surface area contributed by atoms with Crippen molar-refractivity contribution in [3.05, 3.63) is 57.6 Å². The second-order valence-corrected chi connectivity index (χ2v) is 18.8. The van der Waals surface area contributed by atoms with E-state index in [4.69, 9.17) is 17.0 Å². The van der Waals surface area contributed by atoms with Crippen LogP contribution < -0.4 is 0 Å². The quantitative estimate of drug-likeness (QED) is 0.311. The minimum Gasteiger partial charge on any atom is -0.207 e. The smallest absolute Gasteiger partial charge is 0.0511 e. The summed E-state index contributed by atoms with van der Waals surface area (Å²) in [7, 11) is 10.7. The molecule has 29 heavy (non-hydrogen) atoms. The van der Waals surface area contributed by atoms with Crippen LogP contribution in [0, 0.1) is 13.8 Å². The maximum atomic E-state index is 5.37. The van der Waals surface area contributed by atoms with Crippen LogP contribution in [0.25, 0.3) is 0 Å². The molecule has 0 fully saturated rings. The summed E-state index contributed by atoms with van der Waals surface area (Å²) in [6.45, 7) is 15.8. The molecule has 2 aliphatic carbocycles. The summed E-state index contributed by atoms with van der Waals surface area (Å²) < 4.78 is 1.89. The molecule has 0 saturated carbocycles. The van der Waals surface area contributed by atoms with Crippen molar-refractivity contribution >= 4 is 20.7 Å². The molecule has 162 valence electrons. The second-order valence-electron chi connectivity index (χ2n) is 10.00. The number of halogens is 2. The molecule has 0 amide bonds. The molecular weight excluding hydrogens is 474 g/mol. The first-order chi connectivity index (χ1) is 13.5. The minimum atomic E-state index is -1.76. The molecule has 0 aromatic heterocycles. The number of fused-ring (bicyclic) bond motifs is 2. The number of aryl methyl sites for hydroxylation is 4. The molecule has 3 heteroatoms. The summed E-state index contributed by atoms with van der Waals surface area (Å²) in [6.07, 6.45) is 8.03. The van der Waals surface area contributed by atoms with Gasteiger partial charge in [0.2, 0.25) is 0 Å². The Hall–Kier alpha value is 0.0331. The summed E-state index contributed by atoms with van der Waals surface area (Å²) in [5.41, 5.74) is 10.2. The largest absolute Gasteiger partial charge is 0.207 e. The van der Waals surface area contributed by atoms with Crippen LogP contribution in [0.5, 0.6) is 0 Å². The molecule has 0 saturated heterocycles. The van der Waals surface area contributed by atoms with Crippen LogP contribution in [-0.4, -0.2) is 3.71 Å². The summed E-state index contributed by atoms with van der Waals surface area (Å²) in [4.78, 5) is 0. The van der Waals surface area contributed by atoms with Crippen molar-refractivity contribution < 1.29 is 18.9 Å². The first-order valence-electron chi connectivity index (χ1n) is 11.0. The Bertz CT molecular complexity index is 767. The normalized spacial score (nSPS) is 18.2. The molecule has 0 nitrogen and oxygen atoms in total. The van der Waals surface area contributed by atoms with E-state index in [0.29, 0.717) is 10.8 Å². The van der Waals surface area contributed by atoms with E-state index in [-0.39, 0.29) is 0 Å². The van der Waals surface area contributed by atoms with Crippen molar-refractivity contribution in [2.45, 2.75) is 97.8 Å². The van der Waals surface area contributed by atoms with Crippen molar-refractivity contribution in [1.29, 1.82) is 0 Å². The predicted molar refractivity (Wildman–Crippen MR) is 129 cm³/mol. The predicted octanol–water partition coefficient (Wildman–Crippen LogP) is 8.39. The second kappa shape index (κ2) is 10.6. The molecule has 0 unspecified atom stereocenters. The van der Waals surface area contributed by atoms with Gasteiger partial charge in [-0.25, -0.2) is 12.1 Å². The average Bonchev–Trinajstić information content (AvgIpc) is 3.19. The third-order valence-electron chi connectivity index (χ3n) is 6.41. The van der Waals surface area contributed by atoms with Gasteiger partial charge < -0.3 is 0 Å². The molecule has 2 aromatic carbocycles. The fraction of sp³-hybridized carbons (Fsp3) is 0.577. The summed E-state index contributed by atoms with van der Waals surface area (Å²) >= 11 is -1.76. The summed E-state index contributed by atoms with van der Waals surface area (Å²) in [6, 6.07) is 9.45. The molecule has 0 spiro atoms. The monoisotopic (exact) mass is 510 g/mol. The number of rotatable bonds is 0. The maximum Gasteiger partial charge on any atom is -0.0511 e. The van der Waals surface area contributed by atoms with Crippen LogP contribution in [0.4, 0.5) is 0 Å². The van der Waals surface area contributed by atoms with Crippen LogP contribution in [0.3, 0.4) is 0 Å². The summed E-state index contributed by atoms with van der Waals surface area (Å²) in [5.74, 6) is 0. The Morgan fingerprint density at radius 1 is 0.828 bits per heavy atom. The van der Waals surface area contributed by atoms with Crippen LogP contribution in [0.1, 0.15) is 93.7 Å². The van der Waals surface area contributed by atoms with Gasteiger partial charge in [-0.05, 0) is 0 Å². The van der Waals surface area contributed by atoms with E-state index in [1.54, 1.807) is 22.3 Å². The zero-order chi connectivity index (χ0) is 21.8. The Balaban J connectivity index is 0.000000170. The standard InChI is InChI=1S/2C12H17.C2H4.2ClH.Zr/c2*1-9-7-10-5-4-6-12(2,3)11(10)8-9;1-2;;;/h2*7-8H,4-6H2,1-3H3;1H,2H3;2*1H;/q2*-1;;;;+2/p-2. The van der Waals surface area contributed by atoms with Gasteiger partial charge >= 0.3 is 46.5 Å². The third kappa shape index (κ3) is 7.02. The first kappa shape index (κ1) is 25.3. The topological polar surface area (TPSA) is 0 Å². The third-order valence-corrected chi connectivity index (χ3v) is 10.1. The molecule has 0 aliphatic heterocycles. The molecular formula is C26H38Cl2Zr-2. The maximum absolute atomic E-state index is 5.37. The molecule has 0 radical (unpaired) electrons. The first-order valence-corrected chi connectivity index (χ1v) is 18.7. The zero-order valence-corrected chi connectivity index (χ0v) is 23.4. The van der Waals surface area contributed by atoms with Crippen molar-refractivity contribution in [3.8, 4) is 0 Å². The minimum absolute atomic E-state index is 0.432. The van der Waals surface area contributed by atoms with E-state index in [9.17, 15) is 0 Å². The SMILES string of the molecule is C[CH]=[Zr]([Cl])[Cl].Cc1cc2c([cH-]1)CCCC2(C)C.Cc1cc2c([cH-]1)CCCC2(C)C. The number of hydrogen-bond acceptors (Lipinski definition) is 0. The van der Waals surface area contributed by atoms with Gasteiger partial charge in [-0.15, -0.1) is 0 Å². The van der Waals surface area contributed by atoms with Crippen molar-refractivity contribution in [3.63, 3.8) is 0 Å².